The maximum Gasteiger partial charge on any atom is 0.326 e. The number of esters is 1. The van der Waals surface area contributed by atoms with E-state index in [0.29, 0.717) is 12.4 Å². The summed E-state index contributed by atoms with van der Waals surface area (Å²) < 4.78 is 10.6. The maximum absolute atomic E-state index is 11.9. The third-order valence-corrected chi connectivity index (χ3v) is 4.86. The van der Waals surface area contributed by atoms with Gasteiger partial charge in [-0.05, 0) is 37.6 Å². The summed E-state index contributed by atoms with van der Waals surface area (Å²) in [5, 5.41) is 5.30. The Bertz CT molecular complexity index is 629. The Morgan fingerprint density at radius 3 is 2.95 bits per heavy atom. The van der Waals surface area contributed by atoms with Crippen molar-refractivity contribution < 1.29 is 13.9 Å². The topological polar surface area (TPSA) is 64.4 Å². The Labute approximate surface area is 127 Å². The largest absolute Gasteiger partial charge is 0.468 e. The lowest BCUT2D eigenvalue weighted by molar-refractivity contribution is -0.152. The second-order valence-electron chi connectivity index (χ2n) is 5.28. The molecule has 0 spiro atoms. The third-order valence-electron chi connectivity index (χ3n) is 4.00. The number of aryl methyl sites for hydroxylation is 1. The molecule has 0 amide bonds. The molecule has 0 radical (unpaired) electrons. The molecule has 1 aliphatic carbocycles. The molecule has 1 fully saturated rings. The molecule has 1 N–H and O–H groups in total. The van der Waals surface area contributed by atoms with E-state index >= 15 is 0 Å². The van der Waals surface area contributed by atoms with E-state index in [-0.39, 0.29) is 5.97 Å². The third kappa shape index (κ3) is 2.61. The number of aromatic nitrogens is 1. The lowest BCUT2D eigenvalue weighted by atomic mass is 9.76. The fraction of sp³-hybridized carbons (Fsp3) is 0.467. The van der Waals surface area contributed by atoms with Gasteiger partial charge in [-0.25, -0.2) is 4.98 Å². The number of carbonyl (C=O) groups is 1. The number of thiophene rings is 1. The van der Waals surface area contributed by atoms with Crippen LogP contribution in [0.3, 0.4) is 0 Å². The highest BCUT2D eigenvalue weighted by atomic mass is 32.1. The molecule has 0 atom stereocenters. The number of ether oxygens (including phenoxy) is 1. The highest BCUT2D eigenvalue weighted by molar-refractivity contribution is 7.13. The molecule has 112 valence electrons. The van der Waals surface area contributed by atoms with E-state index in [4.69, 9.17) is 9.15 Å². The molecule has 0 bridgehead atoms. The molecule has 6 heteroatoms. The molecular formula is C15H18N2O3S. The SMILES string of the molecule is COC(=O)C1(NCc2nc(-c3cccs3)oc2C)CCC1. The van der Waals surface area contributed by atoms with Gasteiger partial charge in [-0.2, -0.15) is 0 Å². The van der Waals surface area contributed by atoms with Gasteiger partial charge in [-0.1, -0.05) is 6.07 Å². The molecular weight excluding hydrogens is 288 g/mol. The van der Waals surface area contributed by atoms with E-state index in [2.05, 4.69) is 10.3 Å². The summed E-state index contributed by atoms with van der Waals surface area (Å²) in [4.78, 5) is 17.4. The van der Waals surface area contributed by atoms with Crippen molar-refractivity contribution in [1.29, 1.82) is 0 Å². The average Bonchev–Trinajstić information content (AvgIpc) is 3.07. The first-order valence-corrected chi connectivity index (χ1v) is 7.86. The van der Waals surface area contributed by atoms with Crippen molar-refractivity contribution in [2.75, 3.05) is 7.11 Å². The van der Waals surface area contributed by atoms with E-state index in [1.54, 1.807) is 11.3 Å². The predicted octanol–water partition coefficient (Wildman–Crippen LogP) is 2.90. The van der Waals surface area contributed by atoms with Gasteiger partial charge in [0.2, 0.25) is 5.89 Å². The molecule has 0 unspecified atom stereocenters. The monoisotopic (exact) mass is 306 g/mol. The molecule has 2 heterocycles. The minimum atomic E-state index is -0.538. The van der Waals surface area contributed by atoms with E-state index in [9.17, 15) is 4.79 Å². The summed E-state index contributed by atoms with van der Waals surface area (Å²) in [5.41, 5.74) is 0.303. The fourth-order valence-corrected chi connectivity index (χ4v) is 3.18. The number of nitrogens with zero attached hydrogens (tertiary/aromatic N) is 1. The quantitative estimate of drug-likeness (QED) is 0.861. The highest BCUT2D eigenvalue weighted by Gasteiger charge is 2.45. The number of rotatable bonds is 5. The summed E-state index contributed by atoms with van der Waals surface area (Å²) in [5.74, 6) is 1.23. The van der Waals surface area contributed by atoms with Gasteiger partial charge in [0.15, 0.2) is 0 Å². The highest BCUT2D eigenvalue weighted by Crippen LogP contribution is 2.33. The zero-order chi connectivity index (χ0) is 14.9. The second-order valence-corrected chi connectivity index (χ2v) is 6.23. The molecule has 1 saturated carbocycles. The molecule has 0 aromatic carbocycles. The first-order chi connectivity index (χ1) is 10.1. The van der Waals surface area contributed by atoms with Gasteiger partial charge < -0.3 is 9.15 Å². The van der Waals surface area contributed by atoms with E-state index < -0.39 is 5.54 Å². The first kappa shape index (κ1) is 14.3. The fourth-order valence-electron chi connectivity index (χ4n) is 2.53. The molecule has 0 saturated heterocycles. The Kier molecular flexibility index (Phi) is 3.82. The van der Waals surface area contributed by atoms with Gasteiger partial charge in [0.25, 0.3) is 0 Å². The van der Waals surface area contributed by atoms with Crippen LogP contribution in [0, 0.1) is 6.92 Å². The van der Waals surface area contributed by atoms with E-state index in [1.807, 2.05) is 24.4 Å². The van der Waals surface area contributed by atoms with Crippen molar-refractivity contribution in [2.24, 2.45) is 0 Å². The zero-order valence-electron chi connectivity index (χ0n) is 12.1. The second kappa shape index (κ2) is 5.61. The molecule has 1 aliphatic rings. The van der Waals surface area contributed by atoms with Gasteiger partial charge in [0.1, 0.15) is 11.3 Å². The average molecular weight is 306 g/mol. The van der Waals surface area contributed by atoms with Crippen LogP contribution in [-0.4, -0.2) is 23.6 Å². The number of methoxy groups -OCH3 is 1. The Hall–Kier alpha value is -1.66. The summed E-state index contributed by atoms with van der Waals surface area (Å²) in [6.07, 6.45) is 2.67. The van der Waals surface area contributed by atoms with Gasteiger partial charge in [-0.15, -0.1) is 11.3 Å². The van der Waals surface area contributed by atoms with Crippen LogP contribution in [0.2, 0.25) is 0 Å². The number of oxazole rings is 1. The first-order valence-electron chi connectivity index (χ1n) is 6.98. The van der Waals surface area contributed by atoms with Gasteiger partial charge in [-0.3, -0.25) is 10.1 Å². The lowest BCUT2D eigenvalue weighted by Crippen LogP contribution is -2.57. The Morgan fingerprint density at radius 1 is 1.57 bits per heavy atom. The number of nitrogens with one attached hydrogen (secondary N) is 1. The number of hydrogen-bond donors (Lipinski definition) is 1. The zero-order valence-corrected chi connectivity index (χ0v) is 13.0. The minimum Gasteiger partial charge on any atom is -0.468 e. The molecule has 2 aromatic rings. The van der Waals surface area contributed by atoms with Crippen LogP contribution in [0.25, 0.3) is 10.8 Å². The summed E-state index contributed by atoms with van der Waals surface area (Å²) in [7, 11) is 1.43. The smallest absolute Gasteiger partial charge is 0.326 e. The van der Waals surface area contributed by atoms with Crippen molar-refractivity contribution in [3.05, 3.63) is 29.0 Å². The standard InChI is InChI=1S/C15H18N2O3S/c1-10-11(17-13(20-10)12-5-3-8-21-12)9-16-15(6-4-7-15)14(18)19-2/h3,5,8,16H,4,6-7,9H2,1-2H3. The van der Waals surface area contributed by atoms with Crippen LogP contribution in [-0.2, 0) is 16.1 Å². The van der Waals surface area contributed by atoms with Gasteiger partial charge in [0, 0.05) is 6.54 Å². The molecule has 21 heavy (non-hydrogen) atoms. The van der Waals surface area contributed by atoms with Crippen molar-refractivity contribution in [1.82, 2.24) is 10.3 Å². The number of carbonyl (C=O) groups excluding carboxylic acids is 1. The van der Waals surface area contributed by atoms with Crippen LogP contribution in [0.5, 0.6) is 0 Å². The summed E-state index contributed by atoms with van der Waals surface area (Å²) in [6.45, 7) is 2.41. The van der Waals surface area contributed by atoms with Crippen molar-refractivity contribution in [3.63, 3.8) is 0 Å². The summed E-state index contributed by atoms with van der Waals surface area (Å²) >= 11 is 1.60. The normalized spacial score (nSPS) is 16.5. The summed E-state index contributed by atoms with van der Waals surface area (Å²) in [6, 6.07) is 3.95. The Balaban J connectivity index is 1.72. The van der Waals surface area contributed by atoms with Crippen LogP contribution in [0.1, 0.15) is 30.7 Å². The minimum absolute atomic E-state index is 0.187. The van der Waals surface area contributed by atoms with Crippen LogP contribution < -0.4 is 5.32 Å². The molecule has 5 nitrogen and oxygen atoms in total. The lowest BCUT2D eigenvalue weighted by Gasteiger charge is -2.39. The Morgan fingerprint density at radius 2 is 2.38 bits per heavy atom. The van der Waals surface area contributed by atoms with E-state index in [0.717, 1.165) is 35.6 Å². The maximum atomic E-state index is 11.9. The van der Waals surface area contributed by atoms with Crippen LogP contribution in [0.4, 0.5) is 0 Å². The molecule has 0 aliphatic heterocycles. The number of hydrogen-bond acceptors (Lipinski definition) is 6. The van der Waals surface area contributed by atoms with Gasteiger partial charge in [0.05, 0.1) is 17.7 Å². The van der Waals surface area contributed by atoms with Crippen LogP contribution >= 0.6 is 11.3 Å². The molecule has 3 rings (SSSR count). The van der Waals surface area contributed by atoms with Crippen molar-refractivity contribution in [2.45, 2.75) is 38.3 Å². The molecule has 2 aromatic heterocycles. The van der Waals surface area contributed by atoms with Gasteiger partial charge >= 0.3 is 5.97 Å². The van der Waals surface area contributed by atoms with Crippen LogP contribution in [0.15, 0.2) is 21.9 Å². The van der Waals surface area contributed by atoms with Crippen molar-refractivity contribution in [3.8, 4) is 10.8 Å². The van der Waals surface area contributed by atoms with Crippen molar-refractivity contribution >= 4 is 17.3 Å². The van der Waals surface area contributed by atoms with E-state index in [1.165, 1.54) is 7.11 Å². The predicted molar refractivity (Wildman–Crippen MR) is 80.0 cm³/mol.